The van der Waals surface area contributed by atoms with E-state index in [4.69, 9.17) is 9.63 Å². The first-order chi connectivity index (χ1) is 10.6. The Labute approximate surface area is 126 Å². The molecule has 22 heavy (non-hydrogen) atoms. The highest BCUT2D eigenvalue weighted by atomic mass is 19.1. The minimum absolute atomic E-state index is 0.0104. The number of rotatable bonds is 6. The topological polar surface area (TPSA) is 100 Å². The molecule has 1 atom stereocenters. The summed E-state index contributed by atoms with van der Waals surface area (Å²) in [6, 6.07) is 4.95. The molecule has 0 saturated carbocycles. The molecule has 2 amide bonds. The van der Waals surface area contributed by atoms with E-state index in [1.807, 2.05) is 0 Å². The van der Waals surface area contributed by atoms with Crippen LogP contribution >= 0.6 is 0 Å². The Kier molecular flexibility index (Phi) is 5.42. The van der Waals surface area contributed by atoms with Crippen molar-refractivity contribution in [3.63, 3.8) is 0 Å². The largest absolute Gasteiger partial charge is 0.396 e. The number of halogens is 1. The molecule has 118 valence electrons. The van der Waals surface area contributed by atoms with E-state index in [0.717, 1.165) is 0 Å². The minimum Gasteiger partial charge on any atom is -0.396 e. The summed E-state index contributed by atoms with van der Waals surface area (Å²) in [7, 11) is 0. The van der Waals surface area contributed by atoms with Crippen molar-refractivity contribution in [3.05, 3.63) is 36.0 Å². The van der Waals surface area contributed by atoms with Crippen LogP contribution in [0.5, 0.6) is 0 Å². The molecule has 1 aromatic carbocycles. The number of nitrogens with one attached hydrogen (secondary N) is 2. The van der Waals surface area contributed by atoms with Gasteiger partial charge in [0.15, 0.2) is 0 Å². The van der Waals surface area contributed by atoms with Gasteiger partial charge in [-0.1, -0.05) is 17.3 Å². The van der Waals surface area contributed by atoms with Gasteiger partial charge in [-0.15, -0.1) is 0 Å². The van der Waals surface area contributed by atoms with E-state index < -0.39 is 17.9 Å². The van der Waals surface area contributed by atoms with Crippen molar-refractivity contribution < 1.29 is 18.8 Å². The van der Waals surface area contributed by atoms with Gasteiger partial charge in [0, 0.05) is 18.7 Å². The average molecular weight is 308 g/mol. The third-order valence-corrected chi connectivity index (χ3v) is 2.86. The zero-order chi connectivity index (χ0) is 15.9. The predicted molar refractivity (Wildman–Crippen MR) is 76.3 cm³/mol. The standard InChI is InChI=1S/C14H17FN4O3/c1-9(17-14(21)16-6-3-7-20)13-18-12(19-22-13)10-4-2-5-11(15)8-10/h2,4-5,8-9,20H,3,6-7H2,1H3,(H2,16,17,21). The molecule has 0 bridgehead atoms. The van der Waals surface area contributed by atoms with Gasteiger partial charge in [0.25, 0.3) is 0 Å². The molecular formula is C14H17FN4O3. The lowest BCUT2D eigenvalue weighted by Gasteiger charge is -2.10. The second-order valence-corrected chi connectivity index (χ2v) is 4.67. The molecule has 0 aliphatic heterocycles. The molecule has 0 saturated heterocycles. The fourth-order valence-electron chi connectivity index (χ4n) is 1.75. The van der Waals surface area contributed by atoms with Gasteiger partial charge in [0.2, 0.25) is 11.7 Å². The fraction of sp³-hybridized carbons (Fsp3) is 0.357. The Hall–Kier alpha value is -2.48. The smallest absolute Gasteiger partial charge is 0.315 e. The minimum atomic E-state index is -0.496. The van der Waals surface area contributed by atoms with Gasteiger partial charge < -0.3 is 20.3 Å². The van der Waals surface area contributed by atoms with Crippen LogP contribution in [0.2, 0.25) is 0 Å². The van der Waals surface area contributed by atoms with E-state index in [-0.39, 0.29) is 18.3 Å². The summed E-state index contributed by atoms with van der Waals surface area (Å²) in [4.78, 5) is 15.7. The van der Waals surface area contributed by atoms with Crippen molar-refractivity contribution in [2.45, 2.75) is 19.4 Å². The number of nitrogens with zero attached hydrogens (tertiary/aromatic N) is 2. The number of carbonyl (C=O) groups excluding carboxylic acids is 1. The third-order valence-electron chi connectivity index (χ3n) is 2.86. The summed E-state index contributed by atoms with van der Waals surface area (Å²) in [5.41, 5.74) is 0.495. The summed E-state index contributed by atoms with van der Waals surface area (Å²) < 4.78 is 18.2. The van der Waals surface area contributed by atoms with Gasteiger partial charge in [0.1, 0.15) is 11.9 Å². The fourth-order valence-corrected chi connectivity index (χ4v) is 1.75. The van der Waals surface area contributed by atoms with Gasteiger partial charge >= 0.3 is 6.03 Å². The number of aromatic nitrogens is 2. The lowest BCUT2D eigenvalue weighted by molar-refractivity contribution is 0.231. The molecule has 3 N–H and O–H groups in total. The Morgan fingerprint density at radius 3 is 3.05 bits per heavy atom. The molecule has 0 aliphatic carbocycles. The average Bonchev–Trinajstić information content (AvgIpc) is 2.97. The van der Waals surface area contributed by atoms with Crippen molar-refractivity contribution >= 4 is 6.03 Å². The number of hydrogen-bond acceptors (Lipinski definition) is 5. The number of aliphatic hydroxyl groups is 1. The highest BCUT2D eigenvalue weighted by Crippen LogP contribution is 2.19. The monoisotopic (exact) mass is 308 g/mol. The maximum atomic E-state index is 13.2. The first-order valence-electron chi connectivity index (χ1n) is 6.85. The first-order valence-corrected chi connectivity index (χ1v) is 6.85. The predicted octanol–water partition coefficient (Wildman–Crippen LogP) is 1.62. The van der Waals surface area contributed by atoms with E-state index in [0.29, 0.717) is 18.5 Å². The molecule has 1 aromatic heterocycles. The molecule has 1 heterocycles. The number of hydrogen-bond donors (Lipinski definition) is 3. The maximum absolute atomic E-state index is 13.2. The quantitative estimate of drug-likeness (QED) is 0.704. The van der Waals surface area contributed by atoms with Crippen LogP contribution in [-0.4, -0.2) is 34.4 Å². The molecule has 2 aromatic rings. The number of aliphatic hydroxyl groups excluding tert-OH is 1. The van der Waals surface area contributed by atoms with E-state index >= 15 is 0 Å². The van der Waals surface area contributed by atoms with Gasteiger partial charge in [-0.2, -0.15) is 4.98 Å². The van der Waals surface area contributed by atoms with Crippen molar-refractivity contribution in [1.29, 1.82) is 0 Å². The lowest BCUT2D eigenvalue weighted by atomic mass is 10.2. The van der Waals surface area contributed by atoms with Gasteiger partial charge in [-0.25, -0.2) is 9.18 Å². The van der Waals surface area contributed by atoms with Crippen molar-refractivity contribution in [1.82, 2.24) is 20.8 Å². The van der Waals surface area contributed by atoms with Crippen molar-refractivity contribution in [2.24, 2.45) is 0 Å². The molecule has 1 unspecified atom stereocenters. The Bertz CT molecular complexity index is 632. The van der Waals surface area contributed by atoms with Crippen LogP contribution in [0.1, 0.15) is 25.3 Å². The van der Waals surface area contributed by atoms with Crippen LogP contribution in [0, 0.1) is 5.82 Å². The number of amides is 2. The van der Waals surface area contributed by atoms with E-state index in [9.17, 15) is 9.18 Å². The van der Waals surface area contributed by atoms with Crippen LogP contribution in [0.3, 0.4) is 0 Å². The molecule has 0 spiro atoms. The molecule has 0 aliphatic rings. The van der Waals surface area contributed by atoms with Gasteiger partial charge in [-0.3, -0.25) is 0 Å². The van der Waals surface area contributed by atoms with Gasteiger partial charge in [-0.05, 0) is 25.5 Å². The highest BCUT2D eigenvalue weighted by Gasteiger charge is 2.17. The third kappa shape index (κ3) is 4.26. The van der Waals surface area contributed by atoms with Crippen LogP contribution in [0.4, 0.5) is 9.18 Å². The Morgan fingerprint density at radius 1 is 1.50 bits per heavy atom. The van der Waals surface area contributed by atoms with Crippen LogP contribution in [0.15, 0.2) is 28.8 Å². The molecule has 0 fully saturated rings. The Balaban J connectivity index is 1.97. The van der Waals surface area contributed by atoms with Crippen molar-refractivity contribution in [3.8, 4) is 11.4 Å². The van der Waals surface area contributed by atoms with Crippen LogP contribution in [0.25, 0.3) is 11.4 Å². The second-order valence-electron chi connectivity index (χ2n) is 4.67. The first kappa shape index (κ1) is 15.9. The maximum Gasteiger partial charge on any atom is 0.315 e. The van der Waals surface area contributed by atoms with E-state index in [1.165, 1.54) is 12.1 Å². The number of urea groups is 1. The molecule has 8 heteroatoms. The summed E-state index contributed by atoms with van der Waals surface area (Å²) in [6.07, 6.45) is 0.478. The zero-order valence-corrected chi connectivity index (χ0v) is 12.0. The molecule has 2 rings (SSSR count). The summed E-state index contributed by atoms with van der Waals surface area (Å²) in [5, 5.41) is 17.6. The second kappa shape index (κ2) is 7.51. The zero-order valence-electron chi connectivity index (χ0n) is 12.0. The summed E-state index contributed by atoms with van der Waals surface area (Å²) in [5.74, 6) is 0.0821. The van der Waals surface area contributed by atoms with Crippen molar-refractivity contribution in [2.75, 3.05) is 13.2 Å². The van der Waals surface area contributed by atoms with E-state index in [2.05, 4.69) is 20.8 Å². The number of carbonyl (C=O) groups is 1. The highest BCUT2D eigenvalue weighted by molar-refractivity contribution is 5.74. The van der Waals surface area contributed by atoms with Crippen LogP contribution < -0.4 is 10.6 Å². The molecule has 0 radical (unpaired) electrons. The molecule has 7 nitrogen and oxygen atoms in total. The SMILES string of the molecule is CC(NC(=O)NCCCO)c1nc(-c2cccc(F)c2)no1. The van der Waals surface area contributed by atoms with Crippen LogP contribution in [-0.2, 0) is 0 Å². The number of benzene rings is 1. The Morgan fingerprint density at radius 2 is 2.32 bits per heavy atom. The molecular weight excluding hydrogens is 291 g/mol. The normalized spacial score (nSPS) is 12.0. The summed E-state index contributed by atoms with van der Waals surface area (Å²) in [6.45, 7) is 2.07. The van der Waals surface area contributed by atoms with Gasteiger partial charge in [0.05, 0.1) is 0 Å². The van der Waals surface area contributed by atoms with E-state index in [1.54, 1.807) is 19.1 Å². The summed E-state index contributed by atoms with van der Waals surface area (Å²) >= 11 is 0. The lowest BCUT2D eigenvalue weighted by Crippen LogP contribution is -2.37.